The third-order valence-corrected chi connectivity index (χ3v) is 6.85. The van der Waals surface area contributed by atoms with Crippen LogP contribution in [-0.4, -0.2) is 45.5 Å². The Balaban J connectivity index is 1.43. The lowest BCUT2D eigenvalue weighted by atomic mass is 10.2. The van der Waals surface area contributed by atoms with Crippen LogP contribution in [0.5, 0.6) is 0 Å². The van der Waals surface area contributed by atoms with Crippen LogP contribution < -0.4 is 10.2 Å². The summed E-state index contributed by atoms with van der Waals surface area (Å²) in [6.07, 6.45) is 1.79. The zero-order chi connectivity index (χ0) is 24.1. The van der Waals surface area contributed by atoms with E-state index >= 15 is 0 Å². The lowest BCUT2D eigenvalue weighted by Crippen LogP contribution is -2.14. The zero-order valence-corrected chi connectivity index (χ0v) is 21.1. The van der Waals surface area contributed by atoms with E-state index in [1.165, 1.54) is 23.1 Å². The minimum atomic E-state index is -0.161. The Morgan fingerprint density at radius 3 is 2.74 bits per heavy atom. The first-order valence-corrected chi connectivity index (χ1v) is 12.6. The first-order valence-electron chi connectivity index (χ1n) is 10.4. The van der Waals surface area contributed by atoms with Crippen molar-refractivity contribution in [1.29, 1.82) is 0 Å². The average Bonchev–Trinajstić information content (AvgIpc) is 3.46. The second kappa shape index (κ2) is 10.9. The lowest BCUT2D eigenvalue weighted by molar-refractivity contribution is -0.113. The molecular formula is C24H23ClN6OS2. The van der Waals surface area contributed by atoms with Gasteiger partial charge in [0.2, 0.25) is 5.91 Å². The van der Waals surface area contributed by atoms with E-state index in [-0.39, 0.29) is 11.7 Å². The minimum Gasteiger partial charge on any atom is -0.378 e. The molecule has 2 heterocycles. The fourth-order valence-corrected chi connectivity index (χ4v) is 4.81. The van der Waals surface area contributed by atoms with Crippen molar-refractivity contribution in [3.05, 3.63) is 71.6 Å². The molecule has 0 saturated heterocycles. The normalized spacial score (nSPS) is 10.8. The molecular weight excluding hydrogens is 488 g/mol. The predicted octanol–water partition coefficient (Wildman–Crippen LogP) is 5.70. The van der Waals surface area contributed by atoms with Crippen molar-refractivity contribution in [1.82, 2.24) is 19.7 Å². The second-order valence-electron chi connectivity index (χ2n) is 7.53. The Morgan fingerprint density at radius 1 is 1.21 bits per heavy atom. The van der Waals surface area contributed by atoms with Crippen molar-refractivity contribution in [2.45, 2.75) is 11.7 Å². The quantitative estimate of drug-likeness (QED) is 0.230. The van der Waals surface area contributed by atoms with E-state index in [4.69, 9.17) is 11.6 Å². The van der Waals surface area contributed by atoms with Crippen molar-refractivity contribution in [2.75, 3.05) is 30.1 Å². The Bertz CT molecular complexity index is 1300. The van der Waals surface area contributed by atoms with E-state index in [2.05, 4.69) is 33.1 Å². The van der Waals surface area contributed by atoms with Gasteiger partial charge in [-0.25, -0.2) is 4.98 Å². The van der Waals surface area contributed by atoms with Crippen LogP contribution in [0.25, 0.3) is 22.6 Å². The van der Waals surface area contributed by atoms with Crippen molar-refractivity contribution >= 4 is 51.4 Å². The number of rotatable bonds is 9. The van der Waals surface area contributed by atoms with Gasteiger partial charge in [0.05, 0.1) is 11.4 Å². The fourth-order valence-electron chi connectivity index (χ4n) is 3.20. The Morgan fingerprint density at radius 2 is 2.00 bits per heavy atom. The maximum atomic E-state index is 12.6. The molecule has 0 radical (unpaired) electrons. The molecule has 0 aliphatic carbocycles. The Kier molecular flexibility index (Phi) is 7.66. The molecule has 1 N–H and O–H groups in total. The summed E-state index contributed by atoms with van der Waals surface area (Å²) in [7, 11) is 3.99. The van der Waals surface area contributed by atoms with Crippen molar-refractivity contribution in [3.63, 3.8) is 0 Å². The summed E-state index contributed by atoms with van der Waals surface area (Å²) in [5, 5.41) is 15.3. The number of aromatic nitrogens is 4. The Labute approximate surface area is 211 Å². The number of benzene rings is 2. The van der Waals surface area contributed by atoms with E-state index < -0.39 is 0 Å². The molecule has 0 bridgehead atoms. The van der Waals surface area contributed by atoms with Crippen LogP contribution in [0.1, 0.15) is 0 Å². The molecule has 4 rings (SSSR count). The maximum Gasteiger partial charge on any atom is 0.236 e. The molecule has 34 heavy (non-hydrogen) atoms. The number of halogens is 1. The van der Waals surface area contributed by atoms with Crippen LogP contribution in [0.3, 0.4) is 0 Å². The monoisotopic (exact) mass is 510 g/mol. The van der Waals surface area contributed by atoms with Gasteiger partial charge >= 0.3 is 0 Å². The number of hydrogen-bond donors (Lipinski definition) is 1. The molecule has 0 aliphatic rings. The summed E-state index contributed by atoms with van der Waals surface area (Å²) >= 11 is 8.65. The molecule has 2 aromatic heterocycles. The van der Waals surface area contributed by atoms with Crippen molar-refractivity contribution < 1.29 is 4.79 Å². The summed E-state index contributed by atoms with van der Waals surface area (Å²) in [6, 6.07) is 15.5. The molecule has 4 aromatic rings. The van der Waals surface area contributed by atoms with Gasteiger partial charge in [-0.05, 0) is 24.3 Å². The van der Waals surface area contributed by atoms with Gasteiger partial charge in [0.25, 0.3) is 0 Å². The average molecular weight is 511 g/mol. The van der Waals surface area contributed by atoms with Gasteiger partial charge in [0.15, 0.2) is 16.1 Å². The lowest BCUT2D eigenvalue weighted by Gasteiger charge is -2.14. The molecule has 2 aromatic carbocycles. The summed E-state index contributed by atoms with van der Waals surface area (Å²) in [5.41, 5.74) is 3.76. The SMILES string of the molecule is C=CCn1c(SCC(=O)Nc2nc(-c3ccc(Cl)cc3)cs2)nnc1-c1cccc(N(C)C)c1. The van der Waals surface area contributed by atoms with Crippen molar-refractivity contribution in [2.24, 2.45) is 0 Å². The number of anilines is 2. The van der Waals surface area contributed by atoms with Gasteiger partial charge in [0, 0.05) is 47.9 Å². The third kappa shape index (κ3) is 5.67. The molecule has 1 amide bonds. The first-order chi connectivity index (χ1) is 16.4. The smallest absolute Gasteiger partial charge is 0.236 e. The van der Waals surface area contributed by atoms with Crippen LogP contribution in [0, 0.1) is 0 Å². The number of nitrogens with one attached hydrogen (secondary N) is 1. The fraction of sp³-hybridized carbons (Fsp3) is 0.167. The van der Waals surface area contributed by atoms with Crippen molar-refractivity contribution in [3.8, 4) is 22.6 Å². The van der Waals surface area contributed by atoms with E-state index in [1.807, 2.05) is 71.4 Å². The minimum absolute atomic E-state index is 0.161. The number of hydrogen-bond acceptors (Lipinski definition) is 7. The highest BCUT2D eigenvalue weighted by Crippen LogP contribution is 2.28. The van der Waals surface area contributed by atoms with Crippen LogP contribution in [-0.2, 0) is 11.3 Å². The van der Waals surface area contributed by atoms with Gasteiger partial charge in [-0.3, -0.25) is 9.36 Å². The topological polar surface area (TPSA) is 75.9 Å². The number of carbonyl (C=O) groups excluding carboxylic acids is 1. The highest BCUT2D eigenvalue weighted by atomic mass is 35.5. The van der Waals surface area contributed by atoms with Crippen LogP contribution >= 0.6 is 34.7 Å². The molecule has 0 aliphatic heterocycles. The zero-order valence-electron chi connectivity index (χ0n) is 18.7. The second-order valence-corrected chi connectivity index (χ2v) is 9.77. The van der Waals surface area contributed by atoms with Crippen LogP contribution in [0.4, 0.5) is 10.8 Å². The number of carbonyl (C=O) groups is 1. The maximum absolute atomic E-state index is 12.6. The van der Waals surface area contributed by atoms with Gasteiger partial charge < -0.3 is 10.2 Å². The molecule has 7 nitrogen and oxygen atoms in total. The van der Waals surface area contributed by atoms with E-state index in [9.17, 15) is 4.79 Å². The van der Waals surface area contributed by atoms with Crippen LogP contribution in [0.15, 0.2) is 71.7 Å². The molecule has 10 heteroatoms. The highest BCUT2D eigenvalue weighted by Gasteiger charge is 2.16. The number of amides is 1. The standard InChI is InChI=1S/C24H23ClN6OS2/c1-4-12-31-22(17-6-5-7-19(13-17)30(2)3)28-29-24(31)34-15-21(32)27-23-26-20(14-33-23)16-8-10-18(25)11-9-16/h4-11,13-14H,1,12,15H2,2-3H3,(H,26,27,32). The molecule has 0 saturated carbocycles. The van der Waals surface area contributed by atoms with Crippen LogP contribution in [0.2, 0.25) is 5.02 Å². The predicted molar refractivity (Wildman–Crippen MR) is 142 cm³/mol. The summed E-state index contributed by atoms with van der Waals surface area (Å²) in [4.78, 5) is 19.1. The highest BCUT2D eigenvalue weighted by molar-refractivity contribution is 7.99. The summed E-state index contributed by atoms with van der Waals surface area (Å²) < 4.78 is 1.96. The number of thiazole rings is 1. The largest absolute Gasteiger partial charge is 0.378 e. The molecule has 0 unspecified atom stereocenters. The number of allylic oxidation sites excluding steroid dienone is 1. The van der Waals surface area contributed by atoms with Gasteiger partial charge in [-0.1, -0.05) is 53.7 Å². The molecule has 0 fully saturated rings. The molecule has 174 valence electrons. The summed E-state index contributed by atoms with van der Waals surface area (Å²) in [5.74, 6) is 0.758. The first kappa shape index (κ1) is 24.0. The van der Waals surface area contributed by atoms with E-state index in [0.29, 0.717) is 21.9 Å². The van der Waals surface area contributed by atoms with Gasteiger partial charge in [-0.15, -0.1) is 28.1 Å². The van der Waals surface area contributed by atoms with Gasteiger partial charge in [-0.2, -0.15) is 0 Å². The van der Waals surface area contributed by atoms with E-state index in [0.717, 1.165) is 28.3 Å². The van der Waals surface area contributed by atoms with E-state index in [1.54, 1.807) is 6.08 Å². The Hall–Kier alpha value is -3.14. The number of nitrogens with zero attached hydrogens (tertiary/aromatic N) is 5. The molecule has 0 spiro atoms. The third-order valence-electron chi connectivity index (χ3n) is 4.87. The summed E-state index contributed by atoms with van der Waals surface area (Å²) in [6.45, 7) is 4.39. The molecule has 0 atom stereocenters. The van der Waals surface area contributed by atoms with Gasteiger partial charge in [0.1, 0.15) is 0 Å². The number of thioether (sulfide) groups is 1.